The summed E-state index contributed by atoms with van der Waals surface area (Å²) in [6, 6.07) is 5.44. The van der Waals surface area contributed by atoms with Gasteiger partial charge in [-0.3, -0.25) is 14.4 Å². The molecule has 0 fully saturated rings. The van der Waals surface area contributed by atoms with Crippen LogP contribution >= 0.6 is 0 Å². The Labute approximate surface area is 297 Å². The highest BCUT2D eigenvalue weighted by atomic mass is 16.6. The first-order chi connectivity index (χ1) is 23.6. The molecule has 1 aromatic carbocycles. The minimum Gasteiger partial charge on any atom is -0.481 e. The third-order valence-electron chi connectivity index (χ3n) is 7.91. The van der Waals surface area contributed by atoms with Crippen molar-refractivity contribution in [3.63, 3.8) is 0 Å². The molecule has 0 saturated carbocycles. The van der Waals surface area contributed by atoms with Crippen LogP contribution in [0.25, 0.3) is 0 Å². The maximum absolute atomic E-state index is 13.7. The molecule has 4 N–H and O–H groups in total. The van der Waals surface area contributed by atoms with Gasteiger partial charge in [-0.25, -0.2) is 9.59 Å². The molecule has 0 aliphatic rings. The minimum atomic E-state index is -3.00. The third kappa shape index (κ3) is 18.0. The molecule has 278 valence electrons. The summed E-state index contributed by atoms with van der Waals surface area (Å²) >= 11 is 0. The fourth-order valence-electron chi connectivity index (χ4n) is 5.21. The second-order valence-electron chi connectivity index (χ2n) is 13.5. The Morgan fingerprint density at radius 1 is 0.900 bits per heavy atom. The Kier molecular flexibility index (Phi) is 20.4. The van der Waals surface area contributed by atoms with E-state index < -0.39 is 53.4 Å². The fourth-order valence-corrected chi connectivity index (χ4v) is 5.21. The van der Waals surface area contributed by atoms with E-state index in [0.717, 1.165) is 44.9 Å². The number of ketones is 1. The van der Waals surface area contributed by atoms with Gasteiger partial charge in [0.05, 0.1) is 12.3 Å². The fraction of sp³-hybridized carbons (Fsp3) is 0.615. The van der Waals surface area contributed by atoms with Crippen LogP contribution in [0.15, 0.2) is 36.4 Å². The summed E-state index contributed by atoms with van der Waals surface area (Å²) in [4.78, 5) is 62.9. The molecule has 0 saturated heterocycles. The standard InChI is InChI=1S/C39H57NO10/c1-6-8-10-13-16-19-30(41)20-17-14-11-12-15-18-21-32(39(48,37(46)47)28-34(42)43)35(44)40-33(36(45)50-38(3,4)5)27-29-22-24-31(25-23-29)49-26-9-7-2/h18,21-25,32-33,48H,6,8,10-17,19-20,26-28H2,1-5H3,(H,40,44)(H,42,43)(H,46,47)/t32-,33+,39+/m1/s1. The van der Waals surface area contributed by atoms with Crippen molar-refractivity contribution >= 4 is 29.6 Å². The van der Waals surface area contributed by atoms with Crippen molar-refractivity contribution in [1.29, 1.82) is 0 Å². The van der Waals surface area contributed by atoms with Gasteiger partial charge in [-0.05, 0) is 71.1 Å². The van der Waals surface area contributed by atoms with E-state index in [1.165, 1.54) is 18.6 Å². The van der Waals surface area contributed by atoms with Gasteiger partial charge in [-0.2, -0.15) is 0 Å². The Bertz CT molecular complexity index is 1320. The largest absolute Gasteiger partial charge is 0.481 e. The number of allylic oxidation sites excluding steroid dienone is 1. The van der Waals surface area contributed by atoms with Crippen molar-refractivity contribution in [3.8, 4) is 17.6 Å². The van der Waals surface area contributed by atoms with Crippen molar-refractivity contribution in [2.24, 2.45) is 5.92 Å². The van der Waals surface area contributed by atoms with Crippen LogP contribution in [0.5, 0.6) is 5.75 Å². The zero-order chi connectivity index (χ0) is 37.6. The van der Waals surface area contributed by atoms with E-state index in [4.69, 9.17) is 9.47 Å². The van der Waals surface area contributed by atoms with Gasteiger partial charge in [0.25, 0.3) is 0 Å². The van der Waals surface area contributed by atoms with Gasteiger partial charge in [0.15, 0.2) is 5.60 Å². The second-order valence-corrected chi connectivity index (χ2v) is 13.5. The number of benzene rings is 1. The summed E-state index contributed by atoms with van der Waals surface area (Å²) in [7, 11) is 0. The van der Waals surface area contributed by atoms with Gasteiger partial charge in [0.2, 0.25) is 5.91 Å². The van der Waals surface area contributed by atoms with Gasteiger partial charge >= 0.3 is 17.9 Å². The molecule has 0 spiro atoms. The number of carboxylic acid groups (broad SMARTS) is 2. The van der Waals surface area contributed by atoms with E-state index >= 15 is 0 Å². The van der Waals surface area contributed by atoms with E-state index in [1.807, 2.05) is 0 Å². The quantitative estimate of drug-likeness (QED) is 0.0398. The number of nitrogens with one attached hydrogen (secondary N) is 1. The predicted molar refractivity (Wildman–Crippen MR) is 190 cm³/mol. The van der Waals surface area contributed by atoms with Crippen LogP contribution < -0.4 is 10.1 Å². The highest BCUT2D eigenvalue weighted by molar-refractivity contribution is 5.95. The normalized spacial score (nSPS) is 13.7. The number of hydrogen-bond acceptors (Lipinski definition) is 8. The van der Waals surface area contributed by atoms with Gasteiger partial charge in [-0.1, -0.05) is 75.7 Å². The molecule has 11 heteroatoms. The first kappa shape index (κ1) is 43.9. The third-order valence-corrected chi connectivity index (χ3v) is 7.91. The number of carbonyl (C=O) groups excluding carboxylic acids is 3. The molecule has 0 heterocycles. The molecule has 1 amide bonds. The molecule has 50 heavy (non-hydrogen) atoms. The number of hydrogen-bond donors (Lipinski definition) is 4. The van der Waals surface area contributed by atoms with E-state index in [2.05, 4.69) is 24.1 Å². The molecule has 1 aromatic rings. The number of esters is 1. The lowest BCUT2D eigenvalue weighted by Gasteiger charge is -2.30. The van der Waals surface area contributed by atoms with Crippen molar-refractivity contribution in [3.05, 3.63) is 42.0 Å². The Morgan fingerprint density at radius 2 is 1.50 bits per heavy atom. The van der Waals surface area contributed by atoms with Crippen molar-refractivity contribution < 1.29 is 48.8 Å². The minimum absolute atomic E-state index is 0.0437. The van der Waals surface area contributed by atoms with Crippen LogP contribution in [0, 0.1) is 17.8 Å². The van der Waals surface area contributed by atoms with E-state index in [1.54, 1.807) is 52.0 Å². The van der Waals surface area contributed by atoms with Gasteiger partial charge < -0.3 is 30.1 Å². The van der Waals surface area contributed by atoms with Gasteiger partial charge in [0.1, 0.15) is 29.8 Å². The maximum Gasteiger partial charge on any atom is 0.337 e. The molecule has 0 unspecified atom stereocenters. The van der Waals surface area contributed by atoms with Crippen LogP contribution in [-0.2, 0) is 35.1 Å². The Hall–Kier alpha value is -4.17. The number of aliphatic carboxylic acids is 2. The number of Topliss-reactive ketones (excluding diaryl/α,β-unsaturated/α-hetero) is 1. The van der Waals surface area contributed by atoms with Crippen molar-refractivity contribution in [2.75, 3.05) is 6.61 Å². The number of carboxylic acids is 2. The lowest BCUT2D eigenvalue weighted by atomic mass is 9.82. The second kappa shape index (κ2) is 23.3. The topological polar surface area (TPSA) is 177 Å². The van der Waals surface area contributed by atoms with E-state index in [-0.39, 0.29) is 18.8 Å². The predicted octanol–water partition coefficient (Wildman–Crippen LogP) is 6.19. The van der Waals surface area contributed by atoms with Gasteiger partial charge in [-0.15, -0.1) is 5.92 Å². The molecule has 0 aromatic heterocycles. The van der Waals surface area contributed by atoms with Crippen LogP contribution in [-0.4, -0.2) is 68.8 Å². The lowest BCUT2D eigenvalue weighted by molar-refractivity contribution is -0.172. The summed E-state index contributed by atoms with van der Waals surface area (Å²) in [6.07, 6.45) is 11.6. The van der Waals surface area contributed by atoms with Crippen molar-refractivity contribution in [1.82, 2.24) is 5.32 Å². The number of rotatable bonds is 25. The van der Waals surface area contributed by atoms with Crippen LogP contribution in [0.4, 0.5) is 0 Å². The average molecular weight is 700 g/mol. The zero-order valence-electron chi connectivity index (χ0n) is 30.4. The first-order valence-corrected chi connectivity index (χ1v) is 17.6. The summed E-state index contributed by atoms with van der Waals surface area (Å²) in [5, 5.41) is 33.0. The van der Waals surface area contributed by atoms with Crippen molar-refractivity contribution in [2.45, 2.75) is 142 Å². The van der Waals surface area contributed by atoms with Crippen LogP contribution in [0.3, 0.4) is 0 Å². The molecule has 0 radical (unpaired) electrons. The number of unbranched alkanes of at least 4 members (excludes halogenated alkanes) is 8. The van der Waals surface area contributed by atoms with Crippen LogP contribution in [0.2, 0.25) is 0 Å². The van der Waals surface area contributed by atoms with E-state index in [0.29, 0.717) is 37.0 Å². The number of amides is 1. The molecule has 0 aliphatic heterocycles. The number of carbonyl (C=O) groups is 5. The Balaban J connectivity index is 3.03. The SMILES string of the molecule is CC#CCOc1ccc(C[C@H](NC(=O)[C@@H](C=CCCCCCCC(=O)CCCCCCC)[C@@](O)(CC(=O)O)C(=O)O)C(=O)OC(C)(C)C)cc1. The first-order valence-electron chi connectivity index (χ1n) is 17.6. The van der Waals surface area contributed by atoms with Gasteiger partial charge in [0, 0.05) is 19.3 Å². The molecular formula is C39H57NO10. The molecule has 0 aliphatic carbocycles. The highest BCUT2D eigenvalue weighted by Crippen LogP contribution is 2.26. The summed E-state index contributed by atoms with van der Waals surface area (Å²) in [5.74, 6) is -0.852. The molecule has 3 atom stereocenters. The van der Waals surface area contributed by atoms with Crippen LogP contribution in [0.1, 0.15) is 124 Å². The molecule has 0 bridgehead atoms. The zero-order valence-corrected chi connectivity index (χ0v) is 30.4. The summed E-state index contributed by atoms with van der Waals surface area (Å²) in [5.41, 5.74) is -3.29. The smallest absolute Gasteiger partial charge is 0.337 e. The summed E-state index contributed by atoms with van der Waals surface area (Å²) < 4.78 is 11.1. The average Bonchev–Trinajstić information content (AvgIpc) is 3.03. The highest BCUT2D eigenvalue weighted by Gasteiger charge is 2.49. The maximum atomic E-state index is 13.7. The van der Waals surface area contributed by atoms with E-state index in [9.17, 15) is 39.3 Å². The number of aliphatic hydroxyl groups is 1. The summed E-state index contributed by atoms with van der Waals surface area (Å²) in [6.45, 7) is 9.02. The molecule has 1 rings (SSSR count). The lowest BCUT2D eigenvalue weighted by Crippen LogP contribution is -2.56. The molecule has 11 nitrogen and oxygen atoms in total. The number of ether oxygens (including phenoxy) is 2. The Morgan fingerprint density at radius 3 is 2.04 bits per heavy atom. The molecular weight excluding hydrogens is 642 g/mol. The monoisotopic (exact) mass is 699 g/mol.